The molecule has 1 aromatic carbocycles. The fourth-order valence-corrected chi connectivity index (χ4v) is 3.09. The van der Waals surface area contributed by atoms with Crippen molar-refractivity contribution in [3.8, 4) is 0 Å². The first kappa shape index (κ1) is 17.0. The van der Waals surface area contributed by atoms with Gasteiger partial charge in [0, 0.05) is 19.2 Å². The monoisotopic (exact) mass is 304 g/mol. The van der Waals surface area contributed by atoms with Gasteiger partial charge in [-0.3, -0.25) is 9.69 Å². The number of aliphatic hydroxyl groups excluding tert-OH is 1. The maximum absolute atomic E-state index is 12.1. The highest BCUT2D eigenvalue weighted by molar-refractivity contribution is 5.78. The van der Waals surface area contributed by atoms with Crippen LogP contribution in [0.4, 0.5) is 0 Å². The predicted molar refractivity (Wildman–Crippen MR) is 88.5 cm³/mol. The van der Waals surface area contributed by atoms with Crippen LogP contribution in [-0.2, 0) is 11.3 Å². The molecule has 1 fully saturated rings. The van der Waals surface area contributed by atoms with Crippen molar-refractivity contribution in [1.82, 2.24) is 10.2 Å². The third-order valence-electron chi connectivity index (χ3n) is 4.70. The lowest BCUT2D eigenvalue weighted by atomic mass is 9.86. The van der Waals surface area contributed by atoms with Crippen molar-refractivity contribution in [1.29, 1.82) is 0 Å². The maximum atomic E-state index is 12.1. The average molecular weight is 304 g/mol. The van der Waals surface area contributed by atoms with Gasteiger partial charge in [0.05, 0.1) is 6.54 Å². The molecule has 2 N–H and O–H groups in total. The minimum absolute atomic E-state index is 0.0763. The molecule has 4 heteroatoms. The maximum Gasteiger partial charge on any atom is 0.234 e. The minimum Gasteiger partial charge on any atom is -0.396 e. The van der Waals surface area contributed by atoms with E-state index in [2.05, 4.69) is 41.4 Å². The molecule has 0 saturated heterocycles. The highest BCUT2D eigenvalue weighted by Crippen LogP contribution is 2.26. The zero-order valence-corrected chi connectivity index (χ0v) is 13.7. The number of amides is 1. The molecular formula is C18H28N2O2. The van der Waals surface area contributed by atoms with E-state index < -0.39 is 0 Å². The average Bonchev–Trinajstić information content (AvgIpc) is 2.54. The van der Waals surface area contributed by atoms with Crippen LogP contribution in [0.25, 0.3) is 0 Å². The summed E-state index contributed by atoms with van der Waals surface area (Å²) in [7, 11) is 2.02. The van der Waals surface area contributed by atoms with Crippen molar-refractivity contribution in [3.63, 3.8) is 0 Å². The molecule has 0 radical (unpaired) electrons. The Morgan fingerprint density at radius 2 is 1.86 bits per heavy atom. The summed E-state index contributed by atoms with van der Waals surface area (Å²) >= 11 is 0. The molecule has 1 aliphatic carbocycles. The molecule has 4 nitrogen and oxygen atoms in total. The van der Waals surface area contributed by atoms with Crippen molar-refractivity contribution in [2.24, 2.45) is 5.92 Å². The number of nitrogens with one attached hydrogen (secondary N) is 1. The van der Waals surface area contributed by atoms with E-state index in [1.165, 1.54) is 5.56 Å². The number of hydrogen-bond acceptors (Lipinski definition) is 3. The zero-order valence-electron chi connectivity index (χ0n) is 13.7. The van der Waals surface area contributed by atoms with E-state index >= 15 is 0 Å². The summed E-state index contributed by atoms with van der Waals surface area (Å²) < 4.78 is 0. The van der Waals surface area contributed by atoms with Gasteiger partial charge >= 0.3 is 0 Å². The summed E-state index contributed by atoms with van der Waals surface area (Å²) in [5.74, 6) is 0.535. The SMILES string of the molecule is Cc1ccc(CNC(=O)CN(C)C2CCC(CO)CC2)cc1. The lowest BCUT2D eigenvalue weighted by Crippen LogP contribution is -2.42. The summed E-state index contributed by atoms with van der Waals surface area (Å²) in [4.78, 5) is 14.2. The van der Waals surface area contributed by atoms with Crippen molar-refractivity contribution in [2.75, 3.05) is 20.2 Å². The quantitative estimate of drug-likeness (QED) is 0.846. The second-order valence-corrected chi connectivity index (χ2v) is 6.53. The Morgan fingerprint density at radius 3 is 2.45 bits per heavy atom. The van der Waals surface area contributed by atoms with E-state index in [1.807, 2.05) is 7.05 Å². The van der Waals surface area contributed by atoms with Crippen molar-refractivity contribution >= 4 is 5.91 Å². The molecular weight excluding hydrogens is 276 g/mol. The molecule has 0 aliphatic heterocycles. The number of nitrogens with zero attached hydrogens (tertiary/aromatic N) is 1. The topological polar surface area (TPSA) is 52.6 Å². The molecule has 0 heterocycles. The Bertz CT molecular complexity index is 464. The van der Waals surface area contributed by atoms with Gasteiger partial charge in [0.2, 0.25) is 5.91 Å². The van der Waals surface area contributed by atoms with Crippen molar-refractivity contribution < 1.29 is 9.90 Å². The first-order chi connectivity index (χ1) is 10.6. The number of carbonyl (C=O) groups is 1. The number of aryl methyl sites for hydroxylation is 1. The molecule has 1 saturated carbocycles. The molecule has 1 amide bonds. The zero-order chi connectivity index (χ0) is 15.9. The largest absolute Gasteiger partial charge is 0.396 e. The van der Waals surface area contributed by atoms with Crippen LogP contribution in [-0.4, -0.2) is 42.2 Å². The lowest BCUT2D eigenvalue weighted by Gasteiger charge is -2.33. The second kappa shape index (κ2) is 8.30. The molecule has 0 atom stereocenters. The molecule has 22 heavy (non-hydrogen) atoms. The van der Waals surface area contributed by atoms with Crippen LogP contribution in [0.1, 0.15) is 36.8 Å². The minimum atomic E-state index is 0.0763. The summed E-state index contributed by atoms with van der Waals surface area (Å²) in [6, 6.07) is 8.69. The molecule has 122 valence electrons. The fraction of sp³-hybridized carbons (Fsp3) is 0.611. The van der Waals surface area contributed by atoms with E-state index in [4.69, 9.17) is 0 Å². The molecule has 0 spiro atoms. The second-order valence-electron chi connectivity index (χ2n) is 6.53. The predicted octanol–water partition coefficient (Wildman–Crippen LogP) is 2.09. The van der Waals surface area contributed by atoms with Gasteiger partial charge in [-0.2, -0.15) is 0 Å². The van der Waals surface area contributed by atoms with E-state index in [-0.39, 0.29) is 5.91 Å². The summed E-state index contributed by atoms with van der Waals surface area (Å²) in [5, 5.41) is 12.2. The molecule has 0 aromatic heterocycles. The van der Waals surface area contributed by atoms with E-state index in [0.29, 0.717) is 31.7 Å². The third kappa shape index (κ3) is 5.11. The van der Waals surface area contributed by atoms with Gasteiger partial charge in [-0.1, -0.05) is 29.8 Å². The van der Waals surface area contributed by atoms with Gasteiger partial charge in [-0.25, -0.2) is 0 Å². The van der Waals surface area contributed by atoms with Gasteiger partial charge in [0.15, 0.2) is 0 Å². The summed E-state index contributed by atoms with van der Waals surface area (Å²) in [6.45, 7) is 3.39. The summed E-state index contributed by atoms with van der Waals surface area (Å²) in [6.07, 6.45) is 4.28. The number of aliphatic hydroxyl groups is 1. The fourth-order valence-electron chi connectivity index (χ4n) is 3.09. The van der Waals surface area contributed by atoms with Crippen LogP contribution in [0.5, 0.6) is 0 Å². The van der Waals surface area contributed by atoms with E-state index in [1.54, 1.807) is 0 Å². The molecule has 0 unspecified atom stereocenters. The van der Waals surface area contributed by atoms with E-state index in [0.717, 1.165) is 31.2 Å². The first-order valence-corrected chi connectivity index (χ1v) is 8.22. The standard InChI is InChI=1S/C18H28N2O2/c1-14-3-5-15(6-4-14)11-19-18(22)12-20(2)17-9-7-16(13-21)8-10-17/h3-6,16-17,21H,7-13H2,1-2H3,(H,19,22). The Morgan fingerprint density at radius 1 is 1.23 bits per heavy atom. The van der Waals surface area contributed by atoms with Crippen LogP contribution in [0, 0.1) is 12.8 Å². The van der Waals surface area contributed by atoms with Crippen LogP contribution in [0.15, 0.2) is 24.3 Å². The van der Waals surface area contributed by atoms with Crippen molar-refractivity contribution in [3.05, 3.63) is 35.4 Å². The summed E-state index contributed by atoms with van der Waals surface area (Å²) in [5.41, 5.74) is 2.36. The van der Waals surface area contributed by atoms with Crippen LogP contribution < -0.4 is 5.32 Å². The Labute approximate surface area is 133 Å². The lowest BCUT2D eigenvalue weighted by molar-refractivity contribution is -0.122. The molecule has 1 aromatic rings. The van der Waals surface area contributed by atoms with Crippen LogP contribution in [0.3, 0.4) is 0 Å². The third-order valence-corrected chi connectivity index (χ3v) is 4.70. The van der Waals surface area contributed by atoms with E-state index in [9.17, 15) is 9.90 Å². The number of benzene rings is 1. The van der Waals surface area contributed by atoms with Gasteiger partial charge in [-0.05, 0) is 51.1 Å². The Hall–Kier alpha value is -1.39. The van der Waals surface area contributed by atoms with Gasteiger partial charge in [0.25, 0.3) is 0 Å². The molecule has 0 bridgehead atoms. The smallest absolute Gasteiger partial charge is 0.234 e. The van der Waals surface area contributed by atoms with Gasteiger partial charge in [0.1, 0.15) is 0 Å². The Balaban J connectivity index is 1.71. The number of rotatable bonds is 6. The number of likely N-dealkylation sites (N-methyl/N-ethyl adjacent to an activating group) is 1. The highest BCUT2D eigenvalue weighted by atomic mass is 16.3. The normalized spacial score (nSPS) is 21.8. The van der Waals surface area contributed by atoms with Gasteiger partial charge in [-0.15, -0.1) is 0 Å². The van der Waals surface area contributed by atoms with Gasteiger partial charge < -0.3 is 10.4 Å². The van der Waals surface area contributed by atoms with Crippen LogP contribution >= 0.6 is 0 Å². The number of hydrogen-bond donors (Lipinski definition) is 2. The number of carbonyl (C=O) groups excluding carboxylic acids is 1. The van der Waals surface area contributed by atoms with Crippen LogP contribution in [0.2, 0.25) is 0 Å². The van der Waals surface area contributed by atoms with Crippen molar-refractivity contribution in [2.45, 2.75) is 45.2 Å². The highest BCUT2D eigenvalue weighted by Gasteiger charge is 2.24. The Kier molecular flexibility index (Phi) is 6.40. The first-order valence-electron chi connectivity index (χ1n) is 8.22. The molecule has 2 rings (SSSR count). The molecule has 1 aliphatic rings.